The Bertz CT molecular complexity index is 785. The van der Waals surface area contributed by atoms with Crippen molar-refractivity contribution in [3.8, 4) is 17.5 Å². The SMILES string of the molecule is CNc1cc(C#N)nc(-c2csc3ccccc23)n1. The summed E-state index contributed by atoms with van der Waals surface area (Å²) in [5.74, 6) is 1.23. The van der Waals surface area contributed by atoms with Crippen molar-refractivity contribution in [1.82, 2.24) is 9.97 Å². The molecule has 0 saturated heterocycles. The van der Waals surface area contributed by atoms with Gasteiger partial charge in [0.05, 0.1) is 0 Å². The van der Waals surface area contributed by atoms with Gasteiger partial charge in [-0.25, -0.2) is 9.97 Å². The number of thiophene rings is 1. The largest absolute Gasteiger partial charge is 0.373 e. The van der Waals surface area contributed by atoms with Crippen LogP contribution in [0, 0.1) is 11.3 Å². The Kier molecular flexibility index (Phi) is 2.86. The van der Waals surface area contributed by atoms with E-state index in [0.717, 1.165) is 10.9 Å². The van der Waals surface area contributed by atoms with Crippen LogP contribution in [-0.4, -0.2) is 17.0 Å². The second kappa shape index (κ2) is 4.67. The molecule has 92 valence electrons. The topological polar surface area (TPSA) is 61.6 Å². The van der Waals surface area contributed by atoms with Crippen molar-refractivity contribution in [2.75, 3.05) is 12.4 Å². The molecule has 19 heavy (non-hydrogen) atoms. The fourth-order valence-corrected chi connectivity index (χ4v) is 2.84. The number of aromatic nitrogens is 2. The molecule has 3 rings (SSSR count). The van der Waals surface area contributed by atoms with Gasteiger partial charge in [0, 0.05) is 34.1 Å². The zero-order valence-electron chi connectivity index (χ0n) is 10.2. The number of hydrogen-bond acceptors (Lipinski definition) is 5. The highest BCUT2D eigenvalue weighted by molar-refractivity contribution is 7.17. The van der Waals surface area contributed by atoms with Crippen molar-refractivity contribution >= 4 is 27.2 Å². The van der Waals surface area contributed by atoms with E-state index in [2.05, 4.69) is 27.4 Å². The van der Waals surface area contributed by atoms with Crippen LogP contribution in [0.1, 0.15) is 5.69 Å². The van der Waals surface area contributed by atoms with Crippen LogP contribution in [0.3, 0.4) is 0 Å². The third-order valence-corrected chi connectivity index (χ3v) is 3.78. The molecule has 0 aliphatic carbocycles. The zero-order chi connectivity index (χ0) is 13.2. The molecular weight excluding hydrogens is 256 g/mol. The van der Waals surface area contributed by atoms with E-state index in [1.54, 1.807) is 24.5 Å². The summed E-state index contributed by atoms with van der Waals surface area (Å²) in [6, 6.07) is 11.8. The first-order valence-corrected chi connectivity index (χ1v) is 6.63. The van der Waals surface area contributed by atoms with E-state index < -0.39 is 0 Å². The molecule has 2 aromatic heterocycles. The quantitative estimate of drug-likeness (QED) is 0.773. The van der Waals surface area contributed by atoms with Crippen molar-refractivity contribution in [3.05, 3.63) is 41.4 Å². The van der Waals surface area contributed by atoms with Gasteiger partial charge in [-0.3, -0.25) is 0 Å². The van der Waals surface area contributed by atoms with Gasteiger partial charge in [0.2, 0.25) is 0 Å². The fraction of sp³-hybridized carbons (Fsp3) is 0.0714. The van der Waals surface area contributed by atoms with Crippen molar-refractivity contribution < 1.29 is 0 Å². The Balaban J connectivity index is 2.24. The summed E-state index contributed by atoms with van der Waals surface area (Å²) < 4.78 is 1.19. The minimum atomic E-state index is 0.365. The summed E-state index contributed by atoms with van der Waals surface area (Å²) in [5.41, 5.74) is 1.33. The van der Waals surface area contributed by atoms with Gasteiger partial charge in [0.15, 0.2) is 5.82 Å². The van der Waals surface area contributed by atoms with Gasteiger partial charge in [0.25, 0.3) is 0 Å². The summed E-state index contributed by atoms with van der Waals surface area (Å²) in [7, 11) is 1.78. The molecule has 0 aliphatic heterocycles. The van der Waals surface area contributed by atoms with Crippen LogP contribution in [-0.2, 0) is 0 Å². The van der Waals surface area contributed by atoms with Crippen molar-refractivity contribution in [1.29, 1.82) is 5.26 Å². The lowest BCUT2D eigenvalue weighted by atomic mass is 10.1. The predicted octanol–water partition coefficient (Wildman–Crippen LogP) is 3.27. The average molecular weight is 266 g/mol. The third kappa shape index (κ3) is 2.02. The number of nitriles is 1. The van der Waals surface area contributed by atoms with Gasteiger partial charge in [-0.1, -0.05) is 18.2 Å². The standard InChI is InChI=1S/C14H10N4S/c1-16-13-6-9(7-15)17-14(18-13)11-8-19-12-5-3-2-4-10(11)12/h2-6,8H,1H3,(H,16,17,18). The second-order valence-electron chi connectivity index (χ2n) is 3.97. The minimum Gasteiger partial charge on any atom is -0.373 e. The molecule has 0 unspecified atom stereocenters. The lowest BCUT2D eigenvalue weighted by molar-refractivity contribution is 1.15. The van der Waals surface area contributed by atoms with E-state index >= 15 is 0 Å². The van der Waals surface area contributed by atoms with Crippen LogP contribution >= 0.6 is 11.3 Å². The van der Waals surface area contributed by atoms with E-state index in [1.165, 1.54) is 4.70 Å². The highest BCUT2D eigenvalue weighted by atomic mass is 32.1. The molecule has 5 heteroatoms. The normalized spacial score (nSPS) is 10.3. The molecule has 0 fully saturated rings. The van der Waals surface area contributed by atoms with Crippen molar-refractivity contribution in [3.63, 3.8) is 0 Å². The molecule has 0 amide bonds. The minimum absolute atomic E-state index is 0.365. The average Bonchev–Trinajstić information content (AvgIpc) is 2.90. The molecule has 0 spiro atoms. The molecular formula is C14H10N4S. The van der Waals surface area contributed by atoms with Crippen LogP contribution in [0.25, 0.3) is 21.5 Å². The first-order valence-electron chi connectivity index (χ1n) is 5.75. The molecule has 1 aromatic carbocycles. The molecule has 2 heterocycles. The highest BCUT2D eigenvalue weighted by Gasteiger charge is 2.11. The maximum atomic E-state index is 9.03. The number of fused-ring (bicyclic) bond motifs is 1. The monoisotopic (exact) mass is 266 g/mol. The molecule has 0 atom stereocenters. The number of rotatable bonds is 2. The molecule has 0 radical (unpaired) electrons. The Morgan fingerprint density at radius 3 is 2.89 bits per heavy atom. The van der Waals surface area contributed by atoms with Gasteiger partial charge < -0.3 is 5.32 Å². The lowest BCUT2D eigenvalue weighted by Crippen LogP contribution is -1.98. The molecule has 0 bridgehead atoms. The molecule has 3 aromatic rings. The highest BCUT2D eigenvalue weighted by Crippen LogP contribution is 2.32. The second-order valence-corrected chi connectivity index (χ2v) is 4.88. The first kappa shape index (κ1) is 11.6. The van der Waals surface area contributed by atoms with Crippen LogP contribution in [0.2, 0.25) is 0 Å². The maximum Gasteiger partial charge on any atom is 0.164 e. The Morgan fingerprint density at radius 2 is 2.11 bits per heavy atom. The van der Waals surface area contributed by atoms with E-state index in [1.807, 2.05) is 23.6 Å². The molecule has 0 aliphatic rings. The van der Waals surface area contributed by atoms with E-state index in [0.29, 0.717) is 17.3 Å². The predicted molar refractivity (Wildman–Crippen MR) is 77.1 cm³/mol. The molecule has 1 N–H and O–H groups in total. The third-order valence-electron chi connectivity index (χ3n) is 2.82. The number of nitrogens with zero attached hydrogens (tertiary/aromatic N) is 3. The summed E-state index contributed by atoms with van der Waals surface area (Å²) in [4.78, 5) is 8.71. The van der Waals surface area contributed by atoms with Gasteiger partial charge in [-0.2, -0.15) is 5.26 Å². The number of hydrogen-bond donors (Lipinski definition) is 1. The van der Waals surface area contributed by atoms with E-state index in [9.17, 15) is 0 Å². The van der Waals surface area contributed by atoms with Gasteiger partial charge >= 0.3 is 0 Å². The van der Waals surface area contributed by atoms with Gasteiger partial charge in [-0.05, 0) is 6.07 Å². The van der Waals surface area contributed by atoms with Gasteiger partial charge in [0.1, 0.15) is 17.6 Å². The fourth-order valence-electron chi connectivity index (χ4n) is 1.90. The lowest BCUT2D eigenvalue weighted by Gasteiger charge is -2.03. The summed E-state index contributed by atoms with van der Waals surface area (Å²) >= 11 is 1.65. The number of nitrogens with one attached hydrogen (secondary N) is 1. The van der Waals surface area contributed by atoms with Crippen LogP contribution in [0.4, 0.5) is 5.82 Å². The van der Waals surface area contributed by atoms with E-state index in [4.69, 9.17) is 5.26 Å². The van der Waals surface area contributed by atoms with Crippen LogP contribution in [0.15, 0.2) is 35.7 Å². The van der Waals surface area contributed by atoms with Crippen molar-refractivity contribution in [2.24, 2.45) is 0 Å². The Morgan fingerprint density at radius 1 is 1.26 bits per heavy atom. The summed E-state index contributed by atoms with van der Waals surface area (Å²) in [6.45, 7) is 0. The molecule has 0 saturated carbocycles. The first-order chi connectivity index (χ1) is 9.31. The van der Waals surface area contributed by atoms with Gasteiger partial charge in [-0.15, -0.1) is 11.3 Å². The van der Waals surface area contributed by atoms with E-state index in [-0.39, 0.29) is 0 Å². The Labute approximate surface area is 114 Å². The number of benzene rings is 1. The zero-order valence-corrected chi connectivity index (χ0v) is 11.0. The van der Waals surface area contributed by atoms with Crippen LogP contribution in [0.5, 0.6) is 0 Å². The summed E-state index contributed by atoms with van der Waals surface area (Å²) in [6.07, 6.45) is 0. The van der Waals surface area contributed by atoms with Crippen LogP contribution < -0.4 is 5.32 Å². The Hall–Kier alpha value is -2.45. The summed E-state index contributed by atoms with van der Waals surface area (Å²) in [5, 5.41) is 15.1. The van der Waals surface area contributed by atoms with Crippen molar-refractivity contribution in [2.45, 2.75) is 0 Å². The molecule has 4 nitrogen and oxygen atoms in total. The number of anilines is 1. The maximum absolute atomic E-state index is 9.03. The smallest absolute Gasteiger partial charge is 0.164 e.